The van der Waals surface area contributed by atoms with Crippen LogP contribution in [0.25, 0.3) is 0 Å². The molecule has 2 aromatic rings. The van der Waals surface area contributed by atoms with Crippen molar-refractivity contribution in [1.82, 2.24) is 0 Å². The van der Waals surface area contributed by atoms with Gasteiger partial charge < -0.3 is 10.6 Å². The Morgan fingerprint density at radius 1 is 1.10 bits per heavy atom. The van der Waals surface area contributed by atoms with E-state index in [1.807, 2.05) is 0 Å². The minimum absolute atomic E-state index is 0.682. The normalized spacial score (nSPS) is 10.6. The van der Waals surface area contributed by atoms with Gasteiger partial charge in [-0.3, -0.25) is 0 Å². The zero-order chi connectivity index (χ0) is 14.5. The van der Waals surface area contributed by atoms with Crippen LogP contribution in [0, 0.1) is 6.92 Å². The molecular weight excluding hydrogens is 312 g/mol. The van der Waals surface area contributed by atoms with E-state index >= 15 is 0 Å². The first-order chi connectivity index (χ1) is 9.67. The molecule has 3 heteroatoms. The summed E-state index contributed by atoms with van der Waals surface area (Å²) < 4.78 is 1.12. The van der Waals surface area contributed by atoms with Crippen molar-refractivity contribution in [1.29, 1.82) is 0 Å². The molecule has 0 bridgehead atoms. The zero-order valence-electron chi connectivity index (χ0n) is 12.1. The summed E-state index contributed by atoms with van der Waals surface area (Å²) in [6.45, 7) is 5.93. The van der Waals surface area contributed by atoms with Gasteiger partial charge in [-0.05, 0) is 72.1 Å². The molecule has 0 aromatic heterocycles. The second kappa shape index (κ2) is 6.91. The number of rotatable bonds is 5. The molecule has 2 nitrogen and oxygen atoms in total. The van der Waals surface area contributed by atoms with Crippen LogP contribution >= 0.6 is 15.9 Å². The van der Waals surface area contributed by atoms with Crippen LogP contribution < -0.4 is 10.6 Å². The lowest BCUT2D eigenvalue weighted by Crippen LogP contribution is -2.17. The molecule has 2 aromatic carbocycles. The van der Waals surface area contributed by atoms with E-state index < -0.39 is 0 Å². The van der Waals surface area contributed by atoms with E-state index in [1.165, 1.54) is 22.5 Å². The fourth-order valence-corrected chi connectivity index (χ4v) is 3.07. The second-order valence-corrected chi connectivity index (χ2v) is 5.71. The van der Waals surface area contributed by atoms with Crippen molar-refractivity contribution < 1.29 is 0 Å². The summed E-state index contributed by atoms with van der Waals surface area (Å²) in [4.78, 5) is 2.33. The number of hydrogen-bond acceptors (Lipinski definition) is 2. The number of halogens is 1. The van der Waals surface area contributed by atoms with E-state index in [-0.39, 0.29) is 0 Å². The van der Waals surface area contributed by atoms with Crippen molar-refractivity contribution in [2.45, 2.75) is 20.3 Å². The topological polar surface area (TPSA) is 29.3 Å². The SMILES string of the molecule is CCN(c1ccccc1C)c1ccc(CCN)cc1Br. The fraction of sp³-hybridized carbons (Fsp3) is 0.294. The first kappa shape index (κ1) is 15.1. The highest BCUT2D eigenvalue weighted by Crippen LogP contribution is 2.34. The van der Waals surface area contributed by atoms with E-state index in [0.29, 0.717) is 6.54 Å². The summed E-state index contributed by atoms with van der Waals surface area (Å²) in [6.07, 6.45) is 0.912. The van der Waals surface area contributed by atoms with E-state index in [4.69, 9.17) is 5.73 Å². The van der Waals surface area contributed by atoms with Crippen LogP contribution in [-0.2, 0) is 6.42 Å². The van der Waals surface area contributed by atoms with Gasteiger partial charge in [-0.1, -0.05) is 24.3 Å². The smallest absolute Gasteiger partial charge is 0.0555 e. The number of benzene rings is 2. The molecule has 0 aliphatic carbocycles. The maximum Gasteiger partial charge on any atom is 0.0555 e. The predicted octanol–water partition coefficient (Wildman–Crippen LogP) is 4.42. The third-order valence-corrected chi connectivity index (χ3v) is 4.09. The van der Waals surface area contributed by atoms with Crippen LogP contribution in [0.4, 0.5) is 11.4 Å². The number of nitrogens with two attached hydrogens (primary N) is 1. The molecule has 2 rings (SSSR count). The quantitative estimate of drug-likeness (QED) is 0.878. The molecule has 20 heavy (non-hydrogen) atoms. The zero-order valence-corrected chi connectivity index (χ0v) is 13.7. The molecule has 0 heterocycles. The Morgan fingerprint density at radius 2 is 1.85 bits per heavy atom. The number of aryl methyl sites for hydroxylation is 1. The lowest BCUT2D eigenvalue weighted by Gasteiger charge is -2.26. The van der Waals surface area contributed by atoms with Crippen molar-refractivity contribution in [2.24, 2.45) is 5.73 Å². The van der Waals surface area contributed by atoms with Gasteiger partial charge in [-0.25, -0.2) is 0 Å². The molecule has 0 aliphatic rings. The Balaban J connectivity index is 2.40. The first-order valence-electron chi connectivity index (χ1n) is 6.99. The van der Waals surface area contributed by atoms with Gasteiger partial charge >= 0.3 is 0 Å². The molecule has 0 fully saturated rings. The van der Waals surface area contributed by atoms with Crippen molar-refractivity contribution in [2.75, 3.05) is 18.0 Å². The standard InChI is InChI=1S/C17H21BrN2/c1-3-20(16-7-5-4-6-13(16)2)17-9-8-14(10-11-19)12-15(17)18/h4-9,12H,3,10-11,19H2,1-2H3. The summed E-state index contributed by atoms with van der Waals surface area (Å²) >= 11 is 3.70. The molecule has 0 atom stereocenters. The van der Waals surface area contributed by atoms with E-state index in [1.54, 1.807) is 0 Å². The third kappa shape index (κ3) is 3.22. The van der Waals surface area contributed by atoms with Crippen molar-refractivity contribution in [3.63, 3.8) is 0 Å². The Labute approximate surface area is 129 Å². The molecule has 0 aliphatic heterocycles. The van der Waals surface area contributed by atoms with Gasteiger partial charge in [-0.15, -0.1) is 0 Å². The molecule has 0 unspecified atom stereocenters. The molecular formula is C17H21BrN2. The average Bonchev–Trinajstić information content (AvgIpc) is 2.44. The Bertz CT molecular complexity index is 581. The van der Waals surface area contributed by atoms with Crippen LogP contribution in [0.1, 0.15) is 18.1 Å². The monoisotopic (exact) mass is 332 g/mol. The minimum Gasteiger partial charge on any atom is -0.341 e. The molecule has 0 saturated heterocycles. The average molecular weight is 333 g/mol. The van der Waals surface area contributed by atoms with Gasteiger partial charge in [0.05, 0.1) is 5.69 Å². The fourth-order valence-electron chi connectivity index (χ4n) is 2.43. The highest BCUT2D eigenvalue weighted by molar-refractivity contribution is 9.10. The number of anilines is 2. The largest absolute Gasteiger partial charge is 0.341 e. The van der Waals surface area contributed by atoms with Crippen LogP contribution in [0.2, 0.25) is 0 Å². The van der Waals surface area contributed by atoms with Gasteiger partial charge in [0.2, 0.25) is 0 Å². The highest BCUT2D eigenvalue weighted by atomic mass is 79.9. The Kier molecular flexibility index (Phi) is 5.21. The molecule has 0 spiro atoms. The van der Waals surface area contributed by atoms with E-state index in [2.05, 4.69) is 77.1 Å². The van der Waals surface area contributed by atoms with Gasteiger partial charge in [0.25, 0.3) is 0 Å². The second-order valence-electron chi connectivity index (χ2n) is 4.86. The van der Waals surface area contributed by atoms with Crippen molar-refractivity contribution in [3.8, 4) is 0 Å². The summed E-state index contributed by atoms with van der Waals surface area (Å²) in [5, 5.41) is 0. The van der Waals surface area contributed by atoms with Crippen LogP contribution in [0.3, 0.4) is 0 Å². The van der Waals surface area contributed by atoms with Gasteiger partial charge in [0.1, 0.15) is 0 Å². The van der Waals surface area contributed by atoms with Crippen molar-refractivity contribution >= 4 is 27.3 Å². The van der Waals surface area contributed by atoms with E-state index in [0.717, 1.165) is 17.4 Å². The summed E-state index contributed by atoms with van der Waals surface area (Å²) in [5.41, 5.74) is 10.6. The molecule has 0 radical (unpaired) electrons. The van der Waals surface area contributed by atoms with Gasteiger partial charge in [-0.2, -0.15) is 0 Å². The minimum atomic E-state index is 0.682. The lowest BCUT2D eigenvalue weighted by atomic mass is 10.1. The van der Waals surface area contributed by atoms with Crippen LogP contribution in [0.5, 0.6) is 0 Å². The van der Waals surface area contributed by atoms with Gasteiger partial charge in [0.15, 0.2) is 0 Å². The van der Waals surface area contributed by atoms with Crippen LogP contribution in [-0.4, -0.2) is 13.1 Å². The third-order valence-electron chi connectivity index (χ3n) is 3.46. The van der Waals surface area contributed by atoms with Gasteiger partial charge in [0, 0.05) is 16.7 Å². The maximum absolute atomic E-state index is 5.62. The molecule has 2 N–H and O–H groups in total. The lowest BCUT2D eigenvalue weighted by molar-refractivity contribution is 0.962. The number of hydrogen-bond donors (Lipinski definition) is 1. The summed E-state index contributed by atoms with van der Waals surface area (Å²) in [6, 6.07) is 15.0. The summed E-state index contributed by atoms with van der Waals surface area (Å²) in [7, 11) is 0. The summed E-state index contributed by atoms with van der Waals surface area (Å²) in [5.74, 6) is 0. The van der Waals surface area contributed by atoms with Crippen molar-refractivity contribution in [3.05, 3.63) is 58.1 Å². The first-order valence-corrected chi connectivity index (χ1v) is 7.78. The molecule has 0 amide bonds. The number of para-hydroxylation sites is 1. The maximum atomic E-state index is 5.62. The number of nitrogens with zero attached hydrogens (tertiary/aromatic N) is 1. The molecule has 0 saturated carbocycles. The van der Waals surface area contributed by atoms with E-state index in [9.17, 15) is 0 Å². The highest BCUT2D eigenvalue weighted by Gasteiger charge is 2.12. The molecule has 106 valence electrons. The predicted molar refractivity (Wildman–Crippen MR) is 90.8 cm³/mol. The Hall–Kier alpha value is -1.32. The Morgan fingerprint density at radius 3 is 2.45 bits per heavy atom. The van der Waals surface area contributed by atoms with Crippen LogP contribution in [0.15, 0.2) is 46.9 Å².